The topological polar surface area (TPSA) is 23.6 Å². The third-order valence-electron chi connectivity index (χ3n) is 6.58. The minimum Gasteiger partial charge on any atom is -0.345 e. The molecule has 154 valence electrons. The highest BCUT2D eigenvalue weighted by Gasteiger charge is 2.45. The van der Waals surface area contributed by atoms with E-state index in [-0.39, 0.29) is 5.92 Å². The van der Waals surface area contributed by atoms with Gasteiger partial charge in [-0.05, 0) is 73.9 Å². The molecule has 4 rings (SSSR count). The molecular weight excluding hydrogens is 380 g/mol. The molecule has 1 heterocycles. The molecule has 3 nitrogen and oxygen atoms in total. The van der Waals surface area contributed by atoms with Crippen LogP contribution in [-0.2, 0) is 11.2 Å². The van der Waals surface area contributed by atoms with Gasteiger partial charge in [-0.15, -0.1) is 0 Å². The van der Waals surface area contributed by atoms with Gasteiger partial charge in [0.25, 0.3) is 0 Å². The molecule has 2 atom stereocenters. The summed E-state index contributed by atoms with van der Waals surface area (Å²) in [4.78, 5) is 17.4. The average Bonchev–Trinajstić information content (AvgIpc) is 3.55. The van der Waals surface area contributed by atoms with Gasteiger partial charge in [0.1, 0.15) is 0 Å². The first-order valence-electron chi connectivity index (χ1n) is 10.9. The Bertz CT molecular complexity index is 799. The van der Waals surface area contributed by atoms with Gasteiger partial charge in [0.2, 0.25) is 5.91 Å². The molecular formula is C25H31ClN2O. The zero-order valence-electron chi connectivity index (χ0n) is 17.3. The first-order valence-corrected chi connectivity index (χ1v) is 11.2. The van der Waals surface area contributed by atoms with Crippen LogP contribution in [0.5, 0.6) is 0 Å². The fraction of sp³-hybridized carbons (Fsp3) is 0.480. The predicted octanol–water partition coefficient (Wildman–Crippen LogP) is 4.86. The van der Waals surface area contributed by atoms with Crippen LogP contribution in [0.3, 0.4) is 0 Å². The number of amides is 1. The fourth-order valence-electron chi connectivity index (χ4n) is 4.63. The number of carbonyl (C=O) groups excluding carboxylic acids is 1. The van der Waals surface area contributed by atoms with E-state index >= 15 is 0 Å². The van der Waals surface area contributed by atoms with Crippen molar-refractivity contribution in [3.8, 4) is 0 Å². The van der Waals surface area contributed by atoms with Crippen LogP contribution >= 0.6 is 11.6 Å². The lowest BCUT2D eigenvalue weighted by atomic mass is 9.95. The second kappa shape index (κ2) is 9.32. The molecule has 4 heteroatoms. The lowest BCUT2D eigenvalue weighted by Crippen LogP contribution is -2.40. The molecule has 0 bridgehead atoms. The predicted molar refractivity (Wildman–Crippen MR) is 119 cm³/mol. The summed E-state index contributed by atoms with van der Waals surface area (Å²) < 4.78 is 0. The third kappa shape index (κ3) is 5.40. The molecule has 2 fully saturated rings. The molecule has 29 heavy (non-hydrogen) atoms. The Kier molecular flexibility index (Phi) is 6.56. The van der Waals surface area contributed by atoms with Crippen molar-refractivity contribution in [2.45, 2.75) is 31.6 Å². The van der Waals surface area contributed by atoms with E-state index in [2.05, 4.69) is 41.3 Å². The van der Waals surface area contributed by atoms with E-state index in [1.54, 1.807) is 0 Å². The van der Waals surface area contributed by atoms with Gasteiger partial charge in [0, 0.05) is 31.1 Å². The number of carbonyl (C=O) groups is 1. The maximum atomic E-state index is 12.8. The molecule has 1 aliphatic heterocycles. The summed E-state index contributed by atoms with van der Waals surface area (Å²) in [7, 11) is 2.00. The number of piperidine rings is 1. The molecule has 0 unspecified atom stereocenters. The van der Waals surface area contributed by atoms with Gasteiger partial charge < -0.3 is 9.80 Å². The van der Waals surface area contributed by atoms with E-state index < -0.39 is 0 Å². The second-order valence-electron chi connectivity index (χ2n) is 8.74. The number of rotatable bonds is 7. The van der Waals surface area contributed by atoms with Crippen molar-refractivity contribution >= 4 is 17.5 Å². The van der Waals surface area contributed by atoms with Crippen LogP contribution in [0.2, 0.25) is 5.02 Å². The molecule has 0 N–H and O–H groups in total. The van der Waals surface area contributed by atoms with Crippen molar-refractivity contribution in [1.82, 2.24) is 9.80 Å². The molecule has 1 amide bonds. The number of hydrogen-bond donors (Lipinski definition) is 0. The van der Waals surface area contributed by atoms with E-state index in [9.17, 15) is 4.79 Å². The molecule has 1 aliphatic carbocycles. The highest BCUT2D eigenvalue weighted by molar-refractivity contribution is 6.30. The Morgan fingerprint density at radius 3 is 2.45 bits per heavy atom. The maximum absolute atomic E-state index is 12.8. The Hall–Kier alpha value is -1.84. The van der Waals surface area contributed by atoms with Gasteiger partial charge in [-0.3, -0.25) is 4.79 Å². The summed E-state index contributed by atoms with van der Waals surface area (Å²) in [6.45, 7) is 4.28. The van der Waals surface area contributed by atoms with Crippen LogP contribution < -0.4 is 0 Å². The second-order valence-corrected chi connectivity index (χ2v) is 9.18. The average molecular weight is 411 g/mol. The first-order chi connectivity index (χ1) is 14.1. The number of benzene rings is 2. The van der Waals surface area contributed by atoms with Gasteiger partial charge in [-0.1, -0.05) is 54.1 Å². The molecule has 0 aromatic heterocycles. The third-order valence-corrected chi connectivity index (χ3v) is 6.83. The quantitative estimate of drug-likeness (QED) is 0.651. The Labute approximate surface area is 179 Å². The standard InChI is InChI=1S/C25H31ClN2O/c1-27(25(29)24-17-23(24)21-5-3-2-4-6-21)18-20-12-15-28(16-13-20)14-11-19-7-9-22(26)10-8-19/h2-10,20,23-24H,11-18H2,1H3/t23-,24+/m0/s1. The Morgan fingerprint density at radius 2 is 1.76 bits per heavy atom. The van der Waals surface area contributed by atoms with E-state index in [0.29, 0.717) is 17.7 Å². The van der Waals surface area contributed by atoms with Crippen molar-refractivity contribution in [2.75, 3.05) is 33.2 Å². The lowest BCUT2D eigenvalue weighted by molar-refractivity contribution is -0.132. The van der Waals surface area contributed by atoms with Crippen molar-refractivity contribution in [3.63, 3.8) is 0 Å². The van der Waals surface area contributed by atoms with E-state index in [0.717, 1.165) is 44.0 Å². The van der Waals surface area contributed by atoms with Crippen LogP contribution in [-0.4, -0.2) is 48.9 Å². The minimum atomic E-state index is 0.196. The number of likely N-dealkylation sites (tertiary alicyclic amines) is 1. The van der Waals surface area contributed by atoms with Crippen LogP contribution in [0.15, 0.2) is 54.6 Å². The highest BCUT2D eigenvalue weighted by Crippen LogP contribution is 2.48. The molecule has 0 spiro atoms. The van der Waals surface area contributed by atoms with Gasteiger partial charge in [-0.25, -0.2) is 0 Å². The van der Waals surface area contributed by atoms with Gasteiger partial charge in [0.15, 0.2) is 0 Å². The molecule has 1 saturated heterocycles. The monoisotopic (exact) mass is 410 g/mol. The Morgan fingerprint density at radius 1 is 1.07 bits per heavy atom. The van der Waals surface area contributed by atoms with E-state index in [4.69, 9.17) is 11.6 Å². The lowest BCUT2D eigenvalue weighted by Gasteiger charge is -2.34. The summed E-state index contributed by atoms with van der Waals surface area (Å²) in [5.41, 5.74) is 2.66. The van der Waals surface area contributed by atoms with Gasteiger partial charge in [-0.2, -0.15) is 0 Å². The van der Waals surface area contributed by atoms with E-state index in [1.165, 1.54) is 24.0 Å². The first kappa shape index (κ1) is 20.4. The molecule has 2 aromatic rings. The Balaban J connectivity index is 1.17. The van der Waals surface area contributed by atoms with Crippen molar-refractivity contribution < 1.29 is 4.79 Å². The molecule has 2 aliphatic rings. The normalized spacial score (nSPS) is 22.4. The zero-order valence-corrected chi connectivity index (χ0v) is 18.0. The van der Waals surface area contributed by atoms with Crippen LogP contribution in [0.25, 0.3) is 0 Å². The number of nitrogens with zero attached hydrogens (tertiary/aromatic N) is 2. The van der Waals surface area contributed by atoms with Crippen molar-refractivity contribution in [3.05, 3.63) is 70.7 Å². The largest absolute Gasteiger partial charge is 0.345 e. The molecule has 1 saturated carbocycles. The number of hydrogen-bond acceptors (Lipinski definition) is 2. The maximum Gasteiger partial charge on any atom is 0.226 e. The van der Waals surface area contributed by atoms with Crippen LogP contribution in [0.1, 0.15) is 36.3 Å². The summed E-state index contributed by atoms with van der Waals surface area (Å²) in [5.74, 6) is 1.59. The summed E-state index contributed by atoms with van der Waals surface area (Å²) in [6, 6.07) is 18.7. The van der Waals surface area contributed by atoms with Crippen molar-refractivity contribution in [2.24, 2.45) is 11.8 Å². The zero-order chi connectivity index (χ0) is 20.2. The highest BCUT2D eigenvalue weighted by atomic mass is 35.5. The summed E-state index contributed by atoms with van der Waals surface area (Å²) in [5, 5.41) is 0.800. The molecule has 0 radical (unpaired) electrons. The summed E-state index contributed by atoms with van der Waals surface area (Å²) in [6.07, 6.45) is 4.45. The smallest absolute Gasteiger partial charge is 0.226 e. The van der Waals surface area contributed by atoms with Gasteiger partial charge in [0.05, 0.1) is 0 Å². The van der Waals surface area contributed by atoms with E-state index in [1.807, 2.05) is 30.1 Å². The van der Waals surface area contributed by atoms with Crippen LogP contribution in [0.4, 0.5) is 0 Å². The van der Waals surface area contributed by atoms with Crippen LogP contribution in [0, 0.1) is 11.8 Å². The minimum absolute atomic E-state index is 0.196. The summed E-state index contributed by atoms with van der Waals surface area (Å²) >= 11 is 5.96. The number of halogens is 1. The molecule has 2 aromatic carbocycles. The fourth-order valence-corrected chi connectivity index (χ4v) is 4.75. The van der Waals surface area contributed by atoms with Crippen molar-refractivity contribution in [1.29, 1.82) is 0 Å². The SMILES string of the molecule is CN(CC1CCN(CCc2ccc(Cl)cc2)CC1)C(=O)[C@@H]1C[C@H]1c1ccccc1. The van der Waals surface area contributed by atoms with Gasteiger partial charge >= 0.3 is 0 Å².